The van der Waals surface area contributed by atoms with E-state index in [1.165, 1.54) is 5.56 Å². The Morgan fingerprint density at radius 3 is 2.77 bits per heavy atom. The van der Waals surface area contributed by atoms with E-state index >= 15 is 0 Å². The van der Waals surface area contributed by atoms with E-state index in [9.17, 15) is 4.79 Å². The van der Waals surface area contributed by atoms with E-state index in [0.29, 0.717) is 5.69 Å². The number of benzene rings is 1. The molecule has 0 bridgehead atoms. The summed E-state index contributed by atoms with van der Waals surface area (Å²) >= 11 is 3.54. The Kier molecular flexibility index (Phi) is 5.55. The fraction of sp³-hybridized carbons (Fsp3) is 0.294. The number of halogens is 1. The van der Waals surface area contributed by atoms with E-state index in [2.05, 4.69) is 31.5 Å². The molecule has 0 aliphatic carbocycles. The predicted octanol–water partition coefficient (Wildman–Crippen LogP) is 4.42. The lowest BCUT2D eigenvalue weighted by molar-refractivity contribution is 0.0934. The van der Waals surface area contributed by atoms with Gasteiger partial charge in [0, 0.05) is 22.4 Å². The molecule has 116 valence electrons. The van der Waals surface area contributed by atoms with Gasteiger partial charge in [0.05, 0.1) is 5.69 Å². The highest BCUT2D eigenvalue weighted by atomic mass is 79.9. The van der Waals surface area contributed by atoms with Gasteiger partial charge in [-0.3, -0.25) is 9.78 Å². The number of rotatable bonds is 5. The molecule has 0 saturated carbocycles. The van der Waals surface area contributed by atoms with Crippen LogP contribution in [0.1, 0.15) is 36.3 Å². The lowest BCUT2D eigenvalue weighted by Gasteiger charge is -2.12. The summed E-state index contributed by atoms with van der Waals surface area (Å²) in [6, 6.07) is 9.80. The normalized spacial score (nSPS) is 11.8. The van der Waals surface area contributed by atoms with Crippen molar-refractivity contribution in [2.75, 3.05) is 5.32 Å². The Hall–Kier alpha value is -1.88. The van der Waals surface area contributed by atoms with Gasteiger partial charge in [-0.2, -0.15) is 0 Å². The van der Waals surface area contributed by atoms with Crippen LogP contribution >= 0.6 is 15.9 Å². The third-order valence-electron chi connectivity index (χ3n) is 3.39. The average molecular weight is 362 g/mol. The van der Waals surface area contributed by atoms with Crippen LogP contribution in [0.2, 0.25) is 0 Å². The Labute approximate surface area is 139 Å². The maximum absolute atomic E-state index is 12.1. The van der Waals surface area contributed by atoms with E-state index in [4.69, 9.17) is 0 Å². The quantitative estimate of drug-likeness (QED) is 0.828. The number of nitrogens with zero attached hydrogens (tertiary/aromatic N) is 1. The zero-order valence-electron chi connectivity index (χ0n) is 13.0. The first-order valence-corrected chi connectivity index (χ1v) is 8.09. The molecule has 1 aromatic heterocycles. The maximum atomic E-state index is 12.1. The minimum absolute atomic E-state index is 0.136. The first kappa shape index (κ1) is 16.5. The first-order chi connectivity index (χ1) is 10.5. The van der Waals surface area contributed by atoms with Crippen LogP contribution < -0.4 is 10.6 Å². The van der Waals surface area contributed by atoms with Crippen molar-refractivity contribution in [1.29, 1.82) is 0 Å². The van der Waals surface area contributed by atoms with Gasteiger partial charge < -0.3 is 10.6 Å². The van der Waals surface area contributed by atoms with Gasteiger partial charge in [0.15, 0.2) is 0 Å². The fourth-order valence-corrected chi connectivity index (χ4v) is 2.50. The van der Waals surface area contributed by atoms with E-state index < -0.39 is 0 Å². The van der Waals surface area contributed by atoms with E-state index in [-0.39, 0.29) is 11.9 Å². The minimum Gasteiger partial charge on any atom is -0.354 e. The molecule has 0 aliphatic heterocycles. The highest BCUT2D eigenvalue weighted by Gasteiger charge is 2.11. The van der Waals surface area contributed by atoms with Crippen molar-refractivity contribution < 1.29 is 4.79 Å². The van der Waals surface area contributed by atoms with Crippen molar-refractivity contribution in [3.05, 3.63) is 52.3 Å². The third-order valence-corrected chi connectivity index (χ3v) is 4.04. The lowest BCUT2D eigenvalue weighted by Crippen LogP contribution is -2.32. The van der Waals surface area contributed by atoms with Crippen LogP contribution in [-0.2, 0) is 0 Å². The van der Waals surface area contributed by atoms with Crippen LogP contribution in [-0.4, -0.2) is 16.9 Å². The van der Waals surface area contributed by atoms with Crippen LogP contribution in [0.25, 0.3) is 0 Å². The Bertz CT molecular complexity index is 673. The van der Waals surface area contributed by atoms with Gasteiger partial charge >= 0.3 is 0 Å². The molecule has 1 unspecified atom stereocenters. The van der Waals surface area contributed by atoms with Gasteiger partial charge in [-0.1, -0.05) is 13.0 Å². The third kappa shape index (κ3) is 4.31. The molecule has 0 aliphatic rings. The molecule has 5 heteroatoms. The summed E-state index contributed by atoms with van der Waals surface area (Å²) in [6.07, 6.45) is 2.52. The number of nitrogens with one attached hydrogen (secondary N) is 2. The molecule has 0 saturated heterocycles. The molecule has 1 atom stereocenters. The molecule has 1 aromatic carbocycles. The Morgan fingerprint density at radius 1 is 1.32 bits per heavy atom. The summed E-state index contributed by atoms with van der Waals surface area (Å²) in [5.41, 5.74) is 3.37. The van der Waals surface area contributed by atoms with Gasteiger partial charge in [0.1, 0.15) is 5.69 Å². The molecule has 22 heavy (non-hydrogen) atoms. The number of hydrogen-bond acceptors (Lipinski definition) is 3. The molecule has 1 amide bonds. The van der Waals surface area contributed by atoms with Crippen molar-refractivity contribution in [1.82, 2.24) is 10.3 Å². The maximum Gasteiger partial charge on any atom is 0.270 e. The number of amides is 1. The summed E-state index contributed by atoms with van der Waals surface area (Å²) in [6.45, 7) is 6.05. The average Bonchev–Trinajstić information content (AvgIpc) is 2.50. The topological polar surface area (TPSA) is 54.0 Å². The fourth-order valence-electron chi connectivity index (χ4n) is 1.91. The van der Waals surface area contributed by atoms with Crippen molar-refractivity contribution in [3.8, 4) is 0 Å². The number of hydrogen-bond donors (Lipinski definition) is 2. The summed E-state index contributed by atoms with van der Waals surface area (Å²) in [7, 11) is 0. The summed E-state index contributed by atoms with van der Waals surface area (Å²) in [5.74, 6) is -0.152. The summed E-state index contributed by atoms with van der Waals surface area (Å²) < 4.78 is 0.981. The van der Waals surface area contributed by atoms with Crippen LogP contribution in [0.15, 0.2) is 41.0 Å². The molecule has 0 spiro atoms. The Morgan fingerprint density at radius 2 is 2.09 bits per heavy atom. The van der Waals surface area contributed by atoms with Crippen molar-refractivity contribution in [2.24, 2.45) is 0 Å². The molecule has 0 fully saturated rings. The summed E-state index contributed by atoms with van der Waals surface area (Å²) in [4.78, 5) is 16.3. The van der Waals surface area contributed by atoms with E-state index in [0.717, 1.165) is 22.3 Å². The number of pyridine rings is 1. The smallest absolute Gasteiger partial charge is 0.270 e. The second kappa shape index (κ2) is 7.40. The zero-order valence-corrected chi connectivity index (χ0v) is 14.6. The van der Waals surface area contributed by atoms with Gasteiger partial charge in [0.2, 0.25) is 0 Å². The number of carbonyl (C=O) groups is 1. The molecule has 2 N–H and O–H groups in total. The van der Waals surface area contributed by atoms with E-state index in [1.807, 2.05) is 45.0 Å². The minimum atomic E-state index is -0.152. The van der Waals surface area contributed by atoms with Crippen molar-refractivity contribution in [3.63, 3.8) is 0 Å². The predicted molar refractivity (Wildman–Crippen MR) is 93.6 cm³/mol. The van der Waals surface area contributed by atoms with Crippen LogP contribution in [0.5, 0.6) is 0 Å². The second-order valence-electron chi connectivity index (χ2n) is 5.32. The number of aryl methyl sites for hydroxylation is 1. The number of aromatic nitrogens is 1. The van der Waals surface area contributed by atoms with Gasteiger partial charge in [-0.15, -0.1) is 0 Å². The van der Waals surface area contributed by atoms with Gasteiger partial charge in [0.25, 0.3) is 5.91 Å². The zero-order chi connectivity index (χ0) is 16.1. The SMILES string of the molecule is CCC(C)NC(=O)c1cc(Nc2ccc(C)cc2Br)ccn1. The first-order valence-electron chi connectivity index (χ1n) is 7.29. The molecule has 2 rings (SSSR count). The molecule has 0 radical (unpaired) electrons. The monoisotopic (exact) mass is 361 g/mol. The van der Waals surface area contributed by atoms with Crippen molar-refractivity contribution >= 4 is 33.2 Å². The van der Waals surface area contributed by atoms with Crippen LogP contribution in [0.3, 0.4) is 0 Å². The lowest BCUT2D eigenvalue weighted by atomic mass is 10.2. The standard InChI is InChI=1S/C17H20BrN3O/c1-4-12(3)20-17(22)16-10-13(7-8-19-16)21-15-6-5-11(2)9-14(15)18/h5-10,12H,4H2,1-3H3,(H,19,21)(H,20,22). The molecule has 4 nitrogen and oxygen atoms in total. The van der Waals surface area contributed by atoms with Crippen LogP contribution in [0, 0.1) is 6.92 Å². The Balaban J connectivity index is 2.16. The van der Waals surface area contributed by atoms with Gasteiger partial charge in [-0.25, -0.2) is 0 Å². The second-order valence-corrected chi connectivity index (χ2v) is 6.18. The molecule has 1 heterocycles. The molecular formula is C17H20BrN3O. The highest BCUT2D eigenvalue weighted by molar-refractivity contribution is 9.10. The van der Waals surface area contributed by atoms with Gasteiger partial charge in [-0.05, 0) is 66.0 Å². The molecular weight excluding hydrogens is 342 g/mol. The van der Waals surface area contributed by atoms with Crippen molar-refractivity contribution in [2.45, 2.75) is 33.2 Å². The number of anilines is 2. The van der Waals surface area contributed by atoms with Crippen LogP contribution in [0.4, 0.5) is 11.4 Å². The van der Waals surface area contributed by atoms with E-state index in [1.54, 1.807) is 12.3 Å². The largest absolute Gasteiger partial charge is 0.354 e. The summed E-state index contributed by atoms with van der Waals surface area (Å²) in [5, 5.41) is 6.21. The molecule has 2 aromatic rings. The highest BCUT2D eigenvalue weighted by Crippen LogP contribution is 2.26. The number of carbonyl (C=O) groups excluding carboxylic acids is 1.